The molecule has 1 aliphatic carbocycles. The highest BCUT2D eigenvalue weighted by molar-refractivity contribution is 6.12. The summed E-state index contributed by atoms with van der Waals surface area (Å²) in [6, 6.07) is 82.3. The summed E-state index contributed by atoms with van der Waals surface area (Å²) in [5, 5.41) is 2.41. The van der Waals surface area contributed by atoms with Crippen LogP contribution in [0, 0.1) is 0 Å². The van der Waals surface area contributed by atoms with E-state index < -0.39 is 5.41 Å². The Hall–Kier alpha value is -8.21. The molecule has 0 N–H and O–H groups in total. The first-order chi connectivity index (χ1) is 30.7. The Balaban J connectivity index is 1.07. The number of fused-ring (bicyclic) bond motifs is 6. The molecule has 0 saturated heterocycles. The third-order valence-corrected chi connectivity index (χ3v) is 12.5. The number of aromatic nitrogens is 4. The van der Waals surface area contributed by atoms with E-state index in [1.165, 1.54) is 44.2 Å². The van der Waals surface area contributed by atoms with E-state index in [1.807, 2.05) is 24.3 Å². The van der Waals surface area contributed by atoms with E-state index in [-0.39, 0.29) is 0 Å². The van der Waals surface area contributed by atoms with Gasteiger partial charge in [-0.1, -0.05) is 194 Å². The molecule has 12 rings (SSSR count). The molecule has 0 saturated carbocycles. The van der Waals surface area contributed by atoms with Gasteiger partial charge in [-0.3, -0.25) is 0 Å². The molecule has 2 aromatic heterocycles. The zero-order valence-corrected chi connectivity index (χ0v) is 33.7. The maximum atomic E-state index is 5.20. The average Bonchev–Trinajstić information content (AvgIpc) is 3.84. The van der Waals surface area contributed by atoms with E-state index >= 15 is 0 Å². The van der Waals surface area contributed by atoms with Gasteiger partial charge < -0.3 is 4.57 Å². The minimum absolute atomic E-state index is 0.487. The minimum Gasteiger partial charge on any atom is -0.309 e. The molecule has 0 bridgehead atoms. The van der Waals surface area contributed by atoms with Crippen molar-refractivity contribution in [2.24, 2.45) is 0 Å². The van der Waals surface area contributed by atoms with Crippen LogP contribution in [-0.4, -0.2) is 19.5 Å². The standard InChI is InChI=1S/C58H38N4/c1-5-19-39(20-6-1)41-23-17-24-42(35-41)56-59-55(40-21-7-2-8-22-40)60-57(61-56)43-25-18-30-46(36-43)62-53-34-16-14-32-48(53)50-37-52-49(38-54(50)62)47-31-13-15-33-51(47)58(52,44-26-9-3-10-27-44)45-28-11-4-12-29-45/h1-38H. The minimum atomic E-state index is -0.487. The lowest BCUT2D eigenvalue weighted by Crippen LogP contribution is -2.28. The van der Waals surface area contributed by atoms with Crippen molar-refractivity contribution in [2.75, 3.05) is 0 Å². The molecular weight excluding hydrogens is 753 g/mol. The summed E-state index contributed by atoms with van der Waals surface area (Å²) >= 11 is 0. The second-order valence-electron chi connectivity index (χ2n) is 16.0. The van der Waals surface area contributed by atoms with Crippen LogP contribution in [0.3, 0.4) is 0 Å². The van der Waals surface area contributed by atoms with Crippen LogP contribution in [0.4, 0.5) is 0 Å². The molecule has 62 heavy (non-hydrogen) atoms. The Kier molecular flexibility index (Phi) is 8.36. The molecule has 4 nitrogen and oxygen atoms in total. The molecule has 0 radical (unpaired) electrons. The van der Waals surface area contributed by atoms with Crippen LogP contribution in [0.1, 0.15) is 22.3 Å². The summed E-state index contributed by atoms with van der Waals surface area (Å²) in [4.78, 5) is 15.4. The van der Waals surface area contributed by atoms with Gasteiger partial charge in [0.2, 0.25) is 0 Å². The number of hydrogen-bond donors (Lipinski definition) is 0. The van der Waals surface area contributed by atoms with Gasteiger partial charge >= 0.3 is 0 Å². The van der Waals surface area contributed by atoms with E-state index in [9.17, 15) is 0 Å². The highest BCUT2D eigenvalue weighted by atomic mass is 15.0. The lowest BCUT2D eigenvalue weighted by atomic mass is 9.67. The van der Waals surface area contributed by atoms with Gasteiger partial charge in [0.1, 0.15) is 0 Å². The molecule has 0 spiro atoms. The van der Waals surface area contributed by atoms with Crippen LogP contribution in [0.15, 0.2) is 231 Å². The molecule has 2 heterocycles. The summed E-state index contributed by atoms with van der Waals surface area (Å²) in [6.07, 6.45) is 0. The van der Waals surface area contributed by atoms with Gasteiger partial charge in [0.05, 0.1) is 16.4 Å². The monoisotopic (exact) mass is 790 g/mol. The number of nitrogens with zero attached hydrogens (tertiary/aromatic N) is 4. The third kappa shape index (κ3) is 5.65. The van der Waals surface area contributed by atoms with Gasteiger partial charge in [0.25, 0.3) is 0 Å². The summed E-state index contributed by atoms with van der Waals surface area (Å²) < 4.78 is 2.41. The molecule has 0 amide bonds. The molecule has 11 aromatic rings. The summed E-state index contributed by atoms with van der Waals surface area (Å²) in [6.45, 7) is 0. The molecule has 1 aliphatic rings. The fourth-order valence-corrected chi connectivity index (χ4v) is 9.78. The first-order valence-corrected chi connectivity index (χ1v) is 21.1. The molecular formula is C58H38N4. The van der Waals surface area contributed by atoms with E-state index in [0.717, 1.165) is 44.5 Å². The van der Waals surface area contributed by atoms with Crippen LogP contribution in [-0.2, 0) is 5.41 Å². The summed E-state index contributed by atoms with van der Waals surface area (Å²) in [5.41, 5.74) is 15.5. The number of para-hydroxylation sites is 1. The smallest absolute Gasteiger partial charge is 0.164 e. The summed E-state index contributed by atoms with van der Waals surface area (Å²) in [5.74, 6) is 1.88. The molecule has 0 aliphatic heterocycles. The molecule has 0 unspecified atom stereocenters. The quantitative estimate of drug-likeness (QED) is 0.161. The van der Waals surface area contributed by atoms with Crippen molar-refractivity contribution in [3.05, 3.63) is 253 Å². The van der Waals surface area contributed by atoms with E-state index in [1.54, 1.807) is 0 Å². The van der Waals surface area contributed by atoms with Crippen LogP contribution in [0.2, 0.25) is 0 Å². The lowest BCUT2D eigenvalue weighted by molar-refractivity contribution is 0.769. The van der Waals surface area contributed by atoms with Gasteiger partial charge in [0, 0.05) is 33.2 Å². The van der Waals surface area contributed by atoms with Crippen LogP contribution < -0.4 is 0 Å². The molecule has 9 aromatic carbocycles. The van der Waals surface area contributed by atoms with Gasteiger partial charge in [-0.05, 0) is 80.9 Å². The summed E-state index contributed by atoms with van der Waals surface area (Å²) in [7, 11) is 0. The first-order valence-electron chi connectivity index (χ1n) is 21.1. The Morgan fingerprint density at radius 3 is 1.52 bits per heavy atom. The van der Waals surface area contributed by atoms with Crippen molar-refractivity contribution >= 4 is 21.8 Å². The van der Waals surface area contributed by atoms with Gasteiger partial charge in [-0.25, -0.2) is 15.0 Å². The van der Waals surface area contributed by atoms with Gasteiger partial charge in [-0.15, -0.1) is 0 Å². The topological polar surface area (TPSA) is 43.6 Å². The van der Waals surface area contributed by atoms with Crippen LogP contribution in [0.5, 0.6) is 0 Å². The number of hydrogen-bond acceptors (Lipinski definition) is 3. The van der Waals surface area contributed by atoms with Crippen molar-refractivity contribution in [2.45, 2.75) is 5.41 Å². The largest absolute Gasteiger partial charge is 0.309 e. The van der Waals surface area contributed by atoms with Crippen molar-refractivity contribution < 1.29 is 0 Å². The zero-order chi connectivity index (χ0) is 41.0. The van der Waals surface area contributed by atoms with Gasteiger partial charge in [-0.2, -0.15) is 0 Å². The van der Waals surface area contributed by atoms with Crippen LogP contribution >= 0.6 is 0 Å². The van der Waals surface area contributed by atoms with Crippen LogP contribution in [0.25, 0.3) is 83.9 Å². The third-order valence-electron chi connectivity index (χ3n) is 12.5. The van der Waals surface area contributed by atoms with Crippen molar-refractivity contribution in [3.8, 4) is 62.1 Å². The Labute approximate surface area is 360 Å². The normalized spacial score (nSPS) is 12.6. The zero-order valence-electron chi connectivity index (χ0n) is 33.7. The number of benzene rings is 9. The maximum absolute atomic E-state index is 5.20. The van der Waals surface area contributed by atoms with Crippen molar-refractivity contribution in [3.63, 3.8) is 0 Å². The van der Waals surface area contributed by atoms with Crippen molar-refractivity contribution in [1.29, 1.82) is 0 Å². The van der Waals surface area contributed by atoms with E-state index in [0.29, 0.717) is 17.5 Å². The van der Waals surface area contributed by atoms with E-state index in [4.69, 9.17) is 15.0 Å². The maximum Gasteiger partial charge on any atom is 0.164 e. The fourth-order valence-electron chi connectivity index (χ4n) is 9.78. The van der Waals surface area contributed by atoms with Crippen molar-refractivity contribution in [1.82, 2.24) is 19.5 Å². The lowest BCUT2D eigenvalue weighted by Gasteiger charge is -2.33. The number of rotatable bonds is 7. The molecule has 0 fully saturated rings. The molecule has 290 valence electrons. The molecule has 0 atom stereocenters. The molecule has 4 heteroatoms. The highest BCUT2D eigenvalue weighted by Crippen LogP contribution is 2.57. The second kappa shape index (κ2) is 14.5. The first kappa shape index (κ1) is 35.7. The highest BCUT2D eigenvalue weighted by Gasteiger charge is 2.46. The Morgan fingerprint density at radius 2 is 0.823 bits per heavy atom. The van der Waals surface area contributed by atoms with Gasteiger partial charge in [0.15, 0.2) is 17.5 Å². The van der Waals surface area contributed by atoms with E-state index in [2.05, 4.69) is 211 Å². The average molecular weight is 791 g/mol. The Bertz CT molecular complexity index is 3410. The fraction of sp³-hybridized carbons (Fsp3) is 0.0172. The predicted octanol–water partition coefficient (Wildman–Crippen LogP) is 14.0. The Morgan fingerprint density at radius 1 is 0.306 bits per heavy atom. The second-order valence-corrected chi connectivity index (χ2v) is 16.0. The SMILES string of the molecule is c1ccc(-c2cccc(-c3nc(-c4ccccc4)nc(-c4cccc(-n5c6ccccc6c6cc7c(cc65)-c5ccccc5C7(c5ccccc5)c5ccccc5)c4)n3)c2)cc1. The predicted molar refractivity (Wildman–Crippen MR) is 253 cm³/mol.